The van der Waals surface area contributed by atoms with E-state index >= 15 is 0 Å². The topological polar surface area (TPSA) is 85.5 Å². The quantitative estimate of drug-likeness (QED) is 0.438. The van der Waals surface area contributed by atoms with E-state index < -0.39 is 5.97 Å². The largest absolute Gasteiger partial charge is 0.452 e. The molecule has 0 bridgehead atoms. The van der Waals surface area contributed by atoms with Gasteiger partial charge in [-0.25, -0.2) is 9.78 Å². The third-order valence-electron chi connectivity index (χ3n) is 4.51. The lowest BCUT2D eigenvalue weighted by molar-refractivity contribution is -0.135. The van der Waals surface area contributed by atoms with Crippen LogP contribution in [0, 0.1) is 6.92 Å². The number of fused-ring (bicyclic) bond motifs is 1. The first kappa shape index (κ1) is 19.7. The number of amides is 1. The van der Waals surface area contributed by atoms with Crippen LogP contribution >= 0.6 is 23.1 Å². The Morgan fingerprint density at radius 1 is 1.38 bits per heavy atom. The average Bonchev–Trinajstić information content (AvgIpc) is 3.38. The second kappa shape index (κ2) is 8.79. The molecule has 3 aromatic rings. The molecule has 0 unspecified atom stereocenters. The Labute approximate surface area is 176 Å². The molecule has 0 N–H and O–H groups in total. The molecule has 0 saturated heterocycles. The third kappa shape index (κ3) is 4.68. The van der Waals surface area contributed by atoms with Gasteiger partial charge in [0.15, 0.2) is 6.61 Å². The van der Waals surface area contributed by atoms with Crippen molar-refractivity contribution in [1.29, 1.82) is 0 Å². The molecule has 4 rings (SSSR count). The predicted octanol–water partition coefficient (Wildman–Crippen LogP) is 3.47. The monoisotopic (exact) mass is 429 g/mol. The van der Waals surface area contributed by atoms with Crippen molar-refractivity contribution in [2.75, 3.05) is 13.2 Å². The number of pyridine rings is 1. The number of ether oxygens (including phenoxy) is 1. The van der Waals surface area contributed by atoms with Crippen molar-refractivity contribution in [2.24, 2.45) is 0 Å². The van der Waals surface area contributed by atoms with E-state index in [1.807, 2.05) is 24.4 Å². The molecule has 3 aromatic heterocycles. The Bertz CT molecular complexity index is 1030. The maximum atomic E-state index is 12.5. The smallest absolute Gasteiger partial charge is 0.341 e. The number of carbonyl (C=O) groups is 2. The Hall–Kier alpha value is -2.65. The minimum atomic E-state index is -0.557. The van der Waals surface area contributed by atoms with Crippen molar-refractivity contribution in [2.45, 2.75) is 30.7 Å². The van der Waals surface area contributed by atoms with Gasteiger partial charge >= 0.3 is 5.97 Å². The molecular formula is C20H19N3O4S2. The normalized spacial score (nSPS) is 13.2. The van der Waals surface area contributed by atoms with Gasteiger partial charge in [0.05, 0.1) is 11.3 Å². The van der Waals surface area contributed by atoms with Crippen LogP contribution in [0.5, 0.6) is 0 Å². The number of carbonyl (C=O) groups excluding carboxylic acids is 2. The molecule has 1 aliphatic rings. The second-order valence-electron chi connectivity index (χ2n) is 6.58. The van der Waals surface area contributed by atoms with Crippen LogP contribution in [0.4, 0.5) is 0 Å². The predicted molar refractivity (Wildman–Crippen MR) is 109 cm³/mol. The SMILES string of the molecule is Cc1cc(CSc2ncccc2C(=O)OCC(=O)N2CCc3sccc3C2)no1. The molecule has 1 aliphatic heterocycles. The van der Waals surface area contributed by atoms with Crippen molar-refractivity contribution >= 4 is 35.0 Å². The van der Waals surface area contributed by atoms with E-state index in [1.165, 1.54) is 22.2 Å². The number of aromatic nitrogens is 2. The maximum Gasteiger partial charge on any atom is 0.341 e. The van der Waals surface area contributed by atoms with Gasteiger partial charge in [0.1, 0.15) is 10.8 Å². The molecular weight excluding hydrogens is 410 g/mol. The number of hydrogen-bond donors (Lipinski definition) is 0. The van der Waals surface area contributed by atoms with Gasteiger partial charge in [0.2, 0.25) is 0 Å². The van der Waals surface area contributed by atoms with Crippen LogP contribution < -0.4 is 0 Å². The zero-order valence-electron chi connectivity index (χ0n) is 15.8. The first-order valence-electron chi connectivity index (χ1n) is 9.10. The van der Waals surface area contributed by atoms with Crippen LogP contribution in [0.25, 0.3) is 0 Å². The molecule has 0 aromatic carbocycles. The highest BCUT2D eigenvalue weighted by Crippen LogP contribution is 2.26. The van der Waals surface area contributed by atoms with E-state index in [0.717, 1.165) is 17.9 Å². The van der Waals surface area contributed by atoms with Crippen LogP contribution in [0.15, 0.2) is 45.4 Å². The van der Waals surface area contributed by atoms with Crippen LogP contribution in [0.1, 0.15) is 32.3 Å². The third-order valence-corrected chi connectivity index (χ3v) is 6.57. The van der Waals surface area contributed by atoms with E-state index in [4.69, 9.17) is 9.26 Å². The highest BCUT2D eigenvalue weighted by molar-refractivity contribution is 7.98. The second-order valence-corrected chi connectivity index (χ2v) is 8.55. The van der Waals surface area contributed by atoms with Crippen molar-refractivity contribution in [3.63, 3.8) is 0 Å². The maximum absolute atomic E-state index is 12.5. The Kier molecular flexibility index (Phi) is 5.96. The highest BCUT2D eigenvalue weighted by Gasteiger charge is 2.23. The number of rotatable bonds is 6. The minimum Gasteiger partial charge on any atom is -0.452 e. The van der Waals surface area contributed by atoms with Gasteiger partial charge in [-0.05, 0) is 42.5 Å². The van der Waals surface area contributed by atoms with Gasteiger partial charge < -0.3 is 14.2 Å². The molecule has 9 heteroatoms. The van der Waals surface area contributed by atoms with E-state index in [9.17, 15) is 9.59 Å². The van der Waals surface area contributed by atoms with Gasteiger partial charge in [0.25, 0.3) is 5.91 Å². The molecule has 0 atom stereocenters. The fourth-order valence-electron chi connectivity index (χ4n) is 3.05. The van der Waals surface area contributed by atoms with E-state index in [2.05, 4.69) is 10.1 Å². The van der Waals surface area contributed by atoms with Gasteiger partial charge in [-0.3, -0.25) is 4.79 Å². The van der Waals surface area contributed by atoms with E-state index in [0.29, 0.717) is 29.4 Å². The van der Waals surface area contributed by atoms with Crippen molar-refractivity contribution in [3.05, 3.63) is 63.3 Å². The summed E-state index contributed by atoms with van der Waals surface area (Å²) in [6, 6.07) is 7.20. The lowest BCUT2D eigenvalue weighted by atomic mass is 10.1. The molecule has 7 nitrogen and oxygen atoms in total. The summed E-state index contributed by atoms with van der Waals surface area (Å²) in [6.45, 7) is 2.76. The summed E-state index contributed by atoms with van der Waals surface area (Å²) in [5, 5.41) is 6.52. The van der Waals surface area contributed by atoms with Crippen LogP contribution in [-0.4, -0.2) is 40.1 Å². The molecule has 4 heterocycles. The molecule has 0 fully saturated rings. The molecule has 29 heavy (non-hydrogen) atoms. The summed E-state index contributed by atoms with van der Waals surface area (Å²) in [5.74, 6) is 0.501. The van der Waals surface area contributed by atoms with E-state index in [1.54, 1.807) is 34.6 Å². The van der Waals surface area contributed by atoms with E-state index in [-0.39, 0.29) is 12.5 Å². The summed E-state index contributed by atoms with van der Waals surface area (Å²) in [7, 11) is 0. The summed E-state index contributed by atoms with van der Waals surface area (Å²) in [6.07, 6.45) is 2.46. The Morgan fingerprint density at radius 2 is 2.28 bits per heavy atom. The fourth-order valence-corrected chi connectivity index (χ4v) is 4.80. The zero-order chi connectivity index (χ0) is 20.2. The molecule has 0 aliphatic carbocycles. The first-order chi connectivity index (χ1) is 14.1. The number of thioether (sulfide) groups is 1. The minimum absolute atomic E-state index is 0.189. The lowest BCUT2D eigenvalue weighted by Crippen LogP contribution is -2.38. The molecule has 0 spiro atoms. The van der Waals surface area contributed by atoms with Crippen LogP contribution in [0.3, 0.4) is 0 Å². The van der Waals surface area contributed by atoms with Crippen molar-refractivity contribution in [3.8, 4) is 0 Å². The van der Waals surface area contributed by atoms with Gasteiger partial charge in [-0.15, -0.1) is 11.3 Å². The van der Waals surface area contributed by atoms with Gasteiger partial charge in [0, 0.05) is 36.0 Å². The summed E-state index contributed by atoms with van der Waals surface area (Å²) in [4.78, 5) is 32.3. The first-order valence-corrected chi connectivity index (χ1v) is 11.0. The number of hydrogen-bond acceptors (Lipinski definition) is 8. The summed E-state index contributed by atoms with van der Waals surface area (Å²) in [5.41, 5.74) is 2.28. The van der Waals surface area contributed by atoms with Gasteiger partial charge in [-0.1, -0.05) is 16.9 Å². The lowest BCUT2D eigenvalue weighted by Gasteiger charge is -2.26. The molecule has 150 valence electrons. The summed E-state index contributed by atoms with van der Waals surface area (Å²) < 4.78 is 10.3. The van der Waals surface area contributed by atoms with Crippen molar-refractivity contribution < 1.29 is 18.8 Å². The number of esters is 1. The van der Waals surface area contributed by atoms with Crippen LogP contribution in [-0.2, 0) is 28.2 Å². The summed E-state index contributed by atoms with van der Waals surface area (Å²) >= 11 is 3.09. The molecule has 0 radical (unpaired) electrons. The van der Waals surface area contributed by atoms with Crippen molar-refractivity contribution in [1.82, 2.24) is 15.0 Å². The molecule has 0 saturated carbocycles. The number of thiophene rings is 1. The Balaban J connectivity index is 1.34. The highest BCUT2D eigenvalue weighted by atomic mass is 32.2. The van der Waals surface area contributed by atoms with Crippen LogP contribution in [0.2, 0.25) is 0 Å². The molecule has 1 amide bonds. The van der Waals surface area contributed by atoms with Gasteiger partial charge in [-0.2, -0.15) is 0 Å². The standard InChI is InChI=1S/C20H19N3O4S2/c1-13-9-15(22-27-13)12-29-19-16(3-2-6-21-19)20(25)26-11-18(24)23-7-4-17-14(10-23)5-8-28-17/h2-3,5-6,8-9H,4,7,10-12H2,1H3. The average molecular weight is 430 g/mol. The zero-order valence-corrected chi connectivity index (χ0v) is 17.4. The fraction of sp³-hybridized carbons (Fsp3) is 0.300. The number of nitrogens with zero attached hydrogens (tertiary/aromatic N) is 3. The number of aryl methyl sites for hydroxylation is 1. The Morgan fingerprint density at radius 3 is 3.10 bits per heavy atom.